The van der Waals surface area contributed by atoms with Crippen LogP contribution in [0.2, 0.25) is 5.02 Å². The van der Waals surface area contributed by atoms with Gasteiger partial charge in [-0.25, -0.2) is 4.39 Å². The summed E-state index contributed by atoms with van der Waals surface area (Å²) < 4.78 is 18.3. The number of nitrogens with zero attached hydrogens (tertiary/aromatic N) is 1. The highest BCUT2D eigenvalue weighted by Gasteiger charge is 2.34. The van der Waals surface area contributed by atoms with Gasteiger partial charge in [0, 0.05) is 37.3 Å². The molecule has 0 aliphatic heterocycles. The molecule has 2 N–H and O–H groups in total. The lowest BCUT2D eigenvalue weighted by molar-refractivity contribution is 0.115. The van der Waals surface area contributed by atoms with Gasteiger partial charge in [-0.1, -0.05) is 17.7 Å². The lowest BCUT2D eigenvalue weighted by atomic mass is 10.0. The normalized spacial score (nSPS) is 16.9. The van der Waals surface area contributed by atoms with Crippen molar-refractivity contribution in [3.05, 3.63) is 34.6 Å². The van der Waals surface area contributed by atoms with E-state index in [-0.39, 0.29) is 11.9 Å². The molecule has 0 aromatic heterocycles. The number of benzene rings is 1. The first-order valence-electron chi connectivity index (χ1n) is 6.57. The first-order valence-corrected chi connectivity index (χ1v) is 6.95. The van der Waals surface area contributed by atoms with Crippen LogP contribution < -0.4 is 5.73 Å². The van der Waals surface area contributed by atoms with Gasteiger partial charge in [0.2, 0.25) is 0 Å². The van der Waals surface area contributed by atoms with Crippen LogP contribution in [0.25, 0.3) is 0 Å². The Morgan fingerprint density at radius 3 is 2.79 bits per heavy atom. The van der Waals surface area contributed by atoms with E-state index >= 15 is 0 Å². The molecular weight excluding hydrogens is 267 g/mol. The third-order valence-corrected chi connectivity index (χ3v) is 3.84. The zero-order valence-electron chi connectivity index (χ0n) is 11.1. The Balaban J connectivity index is 2.20. The van der Waals surface area contributed by atoms with Crippen molar-refractivity contribution in [1.29, 1.82) is 0 Å². The molecule has 1 atom stereocenters. The Bertz CT molecular complexity index is 426. The Kier molecular flexibility index (Phi) is 5.16. The highest BCUT2D eigenvalue weighted by atomic mass is 35.5. The van der Waals surface area contributed by atoms with Crippen LogP contribution in [-0.4, -0.2) is 37.7 Å². The summed E-state index contributed by atoms with van der Waals surface area (Å²) in [5.41, 5.74) is 6.81. The van der Waals surface area contributed by atoms with Crippen LogP contribution in [0.1, 0.15) is 24.4 Å². The number of hydrogen-bond acceptors (Lipinski definition) is 3. The topological polar surface area (TPSA) is 38.5 Å². The molecule has 0 amide bonds. The van der Waals surface area contributed by atoms with E-state index in [1.807, 2.05) is 0 Å². The van der Waals surface area contributed by atoms with Crippen molar-refractivity contribution in [2.75, 3.05) is 26.8 Å². The first-order chi connectivity index (χ1) is 9.17. The Hall–Kier alpha value is -0.680. The van der Waals surface area contributed by atoms with Crippen molar-refractivity contribution in [1.82, 2.24) is 4.90 Å². The van der Waals surface area contributed by atoms with E-state index in [4.69, 9.17) is 22.1 Å². The van der Waals surface area contributed by atoms with Crippen LogP contribution >= 0.6 is 11.6 Å². The van der Waals surface area contributed by atoms with E-state index in [9.17, 15) is 4.39 Å². The lowest BCUT2D eigenvalue weighted by Crippen LogP contribution is -2.37. The van der Waals surface area contributed by atoms with Gasteiger partial charge in [-0.05, 0) is 30.5 Å². The number of hydrogen-bond donors (Lipinski definition) is 1. The number of methoxy groups -OCH3 is 1. The minimum atomic E-state index is -0.320. The third kappa shape index (κ3) is 3.66. The van der Waals surface area contributed by atoms with Gasteiger partial charge in [-0.15, -0.1) is 0 Å². The molecule has 106 valence electrons. The van der Waals surface area contributed by atoms with E-state index in [1.165, 1.54) is 25.0 Å². The van der Waals surface area contributed by atoms with Gasteiger partial charge >= 0.3 is 0 Å². The van der Waals surface area contributed by atoms with E-state index in [2.05, 4.69) is 4.90 Å². The standard InChI is InChI=1S/C14H20ClFN2O/c1-19-7-6-18(11-3-4-11)14(9-17)12-5-2-10(16)8-13(12)15/h2,5,8,11,14H,3-4,6-7,9,17H2,1H3. The predicted octanol–water partition coefficient (Wildman–Crippen LogP) is 2.59. The number of nitrogens with two attached hydrogens (primary N) is 1. The van der Waals surface area contributed by atoms with Crippen LogP contribution in [-0.2, 0) is 4.74 Å². The van der Waals surface area contributed by atoms with E-state index < -0.39 is 0 Å². The van der Waals surface area contributed by atoms with Crippen molar-refractivity contribution >= 4 is 11.6 Å². The molecule has 3 nitrogen and oxygen atoms in total. The average Bonchev–Trinajstić information content (AvgIpc) is 3.20. The molecule has 0 heterocycles. The molecule has 1 aromatic rings. The summed E-state index contributed by atoms with van der Waals surface area (Å²) in [6, 6.07) is 5.09. The predicted molar refractivity (Wildman–Crippen MR) is 74.8 cm³/mol. The molecule has 1 unspecified atom stereocenters. The third-order valence-electron chi connectivity index (χ3n) is 3.51. The van der Waals surface area contributed by atoms with E-state index in [0.717, 1.165) is 12.1 Å². The Morgan fingerprint density at radius 1 is 1.53 bits per heavy atom. The highest BCUT2D eigenvalue weighted by molar-refractivity contribution is 6.31. The summed E-state index contributed by atoms with van der Waals surface area (Å²) in [6.45, 7) is 1.94. The molecule has 0 spiro atoms. The van der Waals surface area contributed by atoms with Crippen LogP contribution in [0.4, 0.5) is 4.39 Å². The Morgan fingerprint density at radius 2 is 2.26 bits per heavy atom. The largest absolute Gasteiger partial charge is 0.383 e. The number of ether oxygens (including phenoxy) is 1. The fraction of sp³-hybridized carbons (Fsp3) is 0.571. The summed E-state index contributed by atoms with van der Waals surface area (Å²) in [7, 11) is 1.69. The number of rotatable bonds is 7. The molecule has 1 aliphatic carbocycles. The molecule has 1 aromatic carbocycles. The fourth-order valence-electron chi connectivity index (χ4n) is 2.41. The molecule has 1 aliphatic rings. The fourth-order valence-corrected chi connectivity index (χ4v) is 2.70. The second kappa shape index (κ2) is 6.66. The summed E-state index contributed by atoms with van der Waals surface area (Å²) in [5, 5.41) is 0.443. The van der Waals surface area contributed by atoms with E-state index in [1.54, 1.807) is 13.2 Å². The molecule has 1 saturated carbocycles. The number of halogens is 2. The first kappa shape index (κ1) is 14.7. The van der Waals surface area contributed by atoms with Gasteiger partial charge in [0.05, 0.1) is 6.61 Å². The van der Waals surface area contributed by atoms with Crippen molar-refractivity contribution in [3.63, 3.8) is 0 Å². The van der Waals surface area contributed by atoms with Crippen molar-refractivity contribution in [2.24, 2.45) is 5.73 Å². The molecule has 0 radical (unpaired) electrons. The van der Waals surface area contributed by atoms with Gasteiger partial charge in [-0.3, -0.25) is 4.90 Å². The average molecular weight is 287 g/mol. The molecule has 2 rings (SSSR count). The van der Waals surface area contributed by atoms with Gasteiger partial charge in [-0.2, -0.15) is 0 Å². The highest BCUT2D eigenvalue weighted by Crippen LogP contribution is 2.36. The summed E-state index contributed by atoms with van der Waals surface area (Å²) in [5.74, 6) is -0.320. The maximum Gasteiger partial charge on any atom is 0.124 e. The van der Waals surface area contributed by atoms with Gasteiger partial charge in [0.1, 0.15) is 5.82 Å². The van der Waals surface area contributed by atoms with Crippen molar-refractivity contribution < 1.29 is 9.13 Å². The van der Waals surface area contributed by atoms with Crippen LogP contribution in [0.15, 0.2) is 18.2 Å². The monoisotopic (exact) mass is 286 g/mol. The minimum Gasteiger partial charge on any atom is -0.383 e. The lowest BCUT2D eigenvalue weighted by Gasteiger charge is -2.31. The molecule has 5 heteroatoms. The molecule has 19 heavy (non-hydrogen) atoms. The maximum absolute atomic E-state index is 13.1. The second-order valence-electron chi connectivity index (χ2n) is 4.88. The van der Waals surface area contributed by atoms with E-state index in [0.29, 0.717) is 24.2 Å². The molecule has 0 bridgehead atoms. The molecule has 0 saturated heterocycles. The smallest absolute Gasteiger partial charge is 0.124 e. The quantitative estimate of drug-likeness (QED) is 0.837. The summed E-state index contributed by atoms with van der Waals surface area (Å²) in [6.07, 6.45) is 2.36. The molecule has 1 fully saturated rings. The van der Waals surface area contributed by atoms with Crippen LogP contribution in [0, 0.1) is 5.82 Å². The molecular formula is C14H20ClFN2O. The van der Waals surface area contributed by atoms with Crippen LogP contribution in [0.5, 0.6) is 0 Å². The zero-order chi connectivity index (χ0) is 13.8. The Labute approximate surface area is 118 Å². The second-order valence-corrected chi connectivity index (χ2v) is 5.29. The summed E-state index contributed by atoms with van der Waals surface area (Å²) >= 11 is 6.15. The van der Waals surface area contributed by atoms with Gasteiger partial charge in [0.25, 0.3) is 0 Å². The minimum absolute atomic E-state index is 0.0238. The summed E-state index contributed by atoms with van der Waals surface area (Å²) in [4.78, 5) is 2.32. The van der Waals surface area contributed by atoms with Gasteiger partial charge in [0.15, 0.2) is 0 Å². The zero-order valence-corrected chi connectivity index (χ0v) is 11.9. The SMILES string of the molecule is COCCN(C1CC1)C(CN)c1ccc(F)cc1Cl. The van der Waals surface area contributed by atoms with Crippen molar-refractivity contribution in [2.45, 2.75) is 24.9 Å². The van der Waals surface area contributed by atoms with Gasteiger partial charge < -0.3 is 10.5 Å². The maximum atomic E-state index is 13.1. The van der Waals surface area contributed by atoms with Crippen molar-refractivity contribution in [3.8, 4) is 0 Å². The van der Waals surface area contributed by atoms with Crippen LogP contribution in [0.3, 0.4) is 0 Å².